The molecule has 7 heteroatoms. The number of nitrogens with one attached hydrogen (secondary N) is 2. The van der Waals surface area contributed by atoms with Gasteiger partial charge in [-0.25, -0.2) is 0 Å². The predicted molar refractivity (Wildman–Crippen MR) is 119 cm³/mol. The van der Waals surface area contributed by atoms with Gasteiger partial charge in [0.1, 0.15) is 5.75 Å². The molecule has 2 N–H and O–H groups in total. The number of carbonyl (C=O) groups is 1. The van der Waals surface area contributed by atoms with Crippen LogP contribution >= 0.6 is 0 Å². The van der Waals surface area contributed by atoms with Crippen molar-refractivity contribution in [3.63, 3.8) is 0 Å². The molecule has 0 saturated carbocycles. The van der Waals surface area contributed by atoms with Crippen molar-refractivity contribution in [2.24, 2.45) is 0 Å². The quantitative estimate of drug-likeness (QED) is 0.681. The van der Waals surface area contributed by atoms with Crippen LogP contribution in [0.1, 0.15) is 12.5 Å². The minimum atomic E-state index is -0.108. The van der Waals surface area contributed by atoms with Crippen molar-refractivity contribution < 1.29 is 9.53 Å². The Hall–Kier alpha value is -3.48. The molecule has 1 aromatic heterocycles. The first-order valence-corrected chi connectivity index (χ1v) is 10.1. The molecule has 1 aliphatic heterocycles. The van der Waals surface area contributed by atoms with E-state index in [0.717, 1.165) is 48.5 Å². The molecule has 3 aromatic rings. The number of aromatic amines is 1. The van der Waals surface area contributed by atoms with Gasteiger partial charge in [0.15, 0.2) is 0 Å². The van der Waals surface area contributed by atoms with Gasteiger partial charge in [-0.2, -0.15) is 0 Å². The highest BCUT2D eigenvalue weighted by molar-refractivity contribution is 5.80. The first-order chi connectivity index (χ1) is 14.5. The first kappa shape index (κ1) is 19.8. The summed E-state index contributed by atoms with van der Waals surface area (Å²) in [5.41, 5.74) is 3.43. The Kier molecular flexibility index (Phi) is 5.61. The molecule has 0 aliphatic carbocycles. The summed E-state index contributed by atoms with van der Waals surface area (Å²) in [6.07, 6.45) is 0. The number of hydrogen-bond acceptors (Lipinski definition) is 5. The fraction of sp³-hybridized carbons (Fsp3) is 0.304. The number of aromatic nitrogens is 1. The van der Waals surface area contributed by atoms with Crippen LogP contribution in [0.2, 0.25) is 0 Å². The summed E-state index contributed by atoms with van der Waals surface area (Å²) in [6, 6.07) is 15.7. The van der Waals surface area contributed by atoms with Gasteiger partial charge in [-0.3, -0.25) is 9.59 Å². The summed E-state index contributed by atoms with van der Waals surface area (Å²) in [6.45, 7) is 5.24. The van der Waals surface area contributed by atoms with Crippen LogP contribution in [0.25, 0.3) is 10.9 Å². The number of piperazine rings is 1. The number of methoxy groups -OCH3 is 1. The van der Waals surface area contributed by atoms with Gasteiger partial charge in [0, 0.05) is 62.7 Å². The minimum Gasteiger partial charge on any atom is -0.497 e. The molecule has 1 fully saturated rings. The van der Waals surface area contributed by atoms with E-state index in [9.17, 15) is 9.59 Å². The molecular weight excluding hydrogens is 380 g/mol. The topological polar surface area (TPSA) is 77.7 Å². The van der Waals surface area contributed by atoms with E-state index in [4.69, 9.17) is 4.74 Å². The number of pyridine rings is 1. The second kappa shape index (κ2) is 8.49. The Morgan fingerprint density at radius 3 is 2.47 bits per heavy atom. The third-order valence-electron chi connectivity index (χ3n) is 5.57. The van der Waals surface area contributed by atoms with Crippen LogP contribution in [-0.4, -0.2) is 49.1 Å². The number of nitrogens with zero attached hydrogens (tertiary/aromatic N) is 2. The lowest BCUT2D eigenvalue weighted by molar-refractivity contribution is -0.129. The van der Waals surface area contributed by atoms with Gasteiger partial charge in [0.2, 0.25) is 5.91 Å². The maximum atomic E-state index is 12.4. The van der Waals surface area contributed by atoms with E-state index >= 15 is 0 Å². The van der Waals surface area contributed by atoms with Crippen LogP contribution in [0.15, 0.2) is 53.3 Å². The van der Waals surface area contributed by atoms with Crippen molar-refractivity contribution in [3.8, 4) is 5.75 Å². The van der Waals surface area contributed by atoms with Crippen molar-refractivity contribution in [3.05, 3.63) is 64.4 Å². The first-order valence-electron chi connectivity index (χ1n) is 10.1. The Morgan fingerprint density at radius 2 is 1.80 bits per heavy atom. The maximum Gasteiger partial charge on any atom is 0.253 e. The van der Waals surface area contributed by atoms with Gasteiger partial charge < -0.3 is 24.8 Å². The van der Waals surface area contributed by atoms with Crippen molar-refractivity contribution in [1.82, 2.24) is 9.88 Å². The summed E-state index contributed by atoms with van der Waals surface area (Å²) in [4.78, 5) is 31.0. The summed E-state index contributed by atoms with van der Waals surface area (Å²) in [7, 11) is 1.61. The van der Waals surface area contributed by atoms with E-state index in [2.05, 4.69) is 27.3 Å². The van der Waals surface area contributed by atoms with Gasteiger partial charge in [0.05, 0.1) is 12.6 Å². The van der Waals surface area contributed by atoms with Crippen LogP contribution < -0.4 is 20.5 Å². The number of H-pyrrole nitrogens is 1. The number of amides is 1. The summed E-state index contributed by atoms with van der Waals surface area (Å²) in [5, 5.41) is 4.29. The lowest BCUT2D eigenvalue weighted by atomic mass is 10.1. The number of fused-ring (bicyclic) bond motifs is 1. The Morgan fingerprint density at radius 1 is 1.07 bits per heavy atom. The molecule has 0 unspecified atom stereocenters. The van der Waals surface area contributed by atoms with Crippen LogP contribution in [0.3, 0.4) is 0 Å². The van der Waals surface area contributed by atoms with E-state index in [1.165, 1.54) is 0 Å². The zero-order chi connectivity index (χ0) is 21.1. The highest BCUT2D eigenvalue weighted by Crippen LogP contribution is 2.21. The number of benzene rings is 2. The Balaban J connectivity index is 1.40. The third kappa shape index (κ3) is 4.25. The van der Waals surface area contributed by atoms with Crippen molar-refractivity contribution in [1.29, 1.82) is 0 Å². The van der Waals surface area contributed by atoms with Crippen molar-refractivity contribution in [2.75, 3.05) is 43.5 Å². The summed E-state index contributed by atoms with van der Waals surface area (Å²) < 4.78 is 5.21. The molecule has 0 atom stereocenters. The maximum absolute atomic E-state index is 12.4. The van der Waals surface area contributed by atoms with Gasteiger partial charge in [0.25, 0.3) is 5.56 Å². The molecule has 1 aliphatic rings. The molecule has 2 aromatic carbocycles. The fourth-order valence-corrected chi connectivity index (χ4v) is 3.75. The van der Waals surface area contributed by atoms with Crippen molar-refractivity contribution >= 4 is 28.2 Å². The highest BCUT2D eigenvalue weighted by atomic mass is 16.5. The predicted octanol–water partition coefficient (Wildman–Crippen LogP) is 2.82. The monoisotopic (exact) mass is 406 g/mol. The lowest BCUT2D eigenvalue weighted by Crippen LogP contribution is -2.48. The molecule has 0 radical (unpaired) electrons. The van der Waals surface area contributed by atoms with Crippen LogP contribution in [0.4, 0.5) is 11.4 Å². The summed E-state index contributed by atoms with van der Waals surface area (Å²) >= 11 is 0. The van der Waals surface area contributed by atoms with Crippen LogP contribution in [0.5, 0.6) is 5.75 Å². The average molecular weight is 406 g/mol. The highest BCUT2D eigenvalue weighted by Gasteiger charge is 2.18. The van der Waals surface area contributed by atoms with E-state index in [0.29, 0.717) is 17.9 Å². The number of ether oxygens (including phenoxy) is 1. The zero-order valence-electron chi connectivity index (χ0n) is 17.3. The SMILES string of the molecule is COc1ccc2cc(CNc3ccc(N4CCN(C(C)=O)CC4)cc3)c(=O)[nH]c2c1. The second-order valence-electron chi connectivity index (χ2n) is 7.47. The minimum absolute atomic E-state index is 0.108. The van der Waals surface area contributed by atoms with E-state index < -0.39 is 0 Å². The molecular formula is C23H26N4O3. The van der Waals surface area contributed by atoms with E-state index in [1.54, 1.807) is 14.0 Å². The largest absolute Gasteiger partial charge is 0.497 e. The molecule has 4 rings (SSSR count). The molecule has 1 saturated heterocycles. The normalized spacial score (nSPS) is 14.1. The molecule has 0 bridgehead atoms. The fourth-order valence-electron chi connectivity index (χ4n) is 3.75. The molecule has 30 heavy (non-hydrogen) atoms. The number of anilines is 2. The van der Waals surface area contributed by atoms with Crippen LogP contribution in [0, 0.1) is 0 Å². The third-order valence-corrected chi connectivity index (χ3v) is 5.57. The van der Waals surface area contributed by atoms with Crippen molar-refractivity contribution in [2.45, 2.75) is 13.5 Å². The Labute approximate surface area is 175 Å². The molecule has 2 heterocycles. The number of carbonyl (C=O) groups excluding carboxylic acids is 1. The van der Waals surface area contributed by atoms with Gasteiger partial charge in [-0.05, 0) is 47.9 Å². The summed E-state index contributed by atoms with van der Waals surface area (Å²) in [5.74, 6) is 0.851. The zero-order valence-corrected chi connectivity index (χ0v) is 17.3. The number of hydrogen-bond donors (Lipinski definition) is 2. The lowest BCUT2D eigenvalue weighted by Gasteiger charge is -2.35. The average Bonchev–Trinajstić information content (AvgIpc) is 2.77. The number of rotatable bonds is 5. The van der Waals surface area contributed by atoms with Crippen LogP contribution in [-0.2, 0) is 11.3 Å². The standard InChI is InChI=1S/C23H26N4O3/c1-16(28)26-9-11-27(12-10-26)20-6-4-19(5-7-20)24-15-18-13-17-3-8-21(30-2)14-22(17)25-23(18)29/h3-8,13-14,24H,9-12,15H2,1-2H3,(H,25,29). The molecule has 156 valence electrons. The van der Waals surface area contributed by atoms with E-state index in [-0.39, 0.29) is 11.5 Å². The second-order valence-corrected chi connectivity index (χ2v) is 7.47. The molecule has 7 nitrogen and oxygen atoms in total. The Bertz CT molecular complexity index is 1100. The van der Waals surface area contributed by atoms with Gasteiger partial charge in [-0.15, -0.1) is 0 Å². The van der Waals surface area contributed by atoms with Gasteiger partial charge >= 0.3 is 0 Å². The van der Waals surface area contributed by atoms with Gasteiger partial charge in [-0.1, -0.05) is 0 Å². The molecule has 1 amide bonds. The smallest absolute Gasteiger partial charge is 0.253 e. The molecule has 0 spiro atoms. The van der Waals surface area contributed by atoms with E-state index in [1.807, 2.05) is 41.3 Å².